The first-order valence-electron chi connectivity index (χ1n) is 6.12. The summed E-state index contributed by atoms with van der Waals surface area (Å²) in [6, 6.07) is 5.27. The minimum atomic E-state index is -0.602. The molecule has 1 aliphatic heterocycles. The Hall–Kier alpha value is -2.04. The van der Waals surface area contributed by atoms with Crippen LogP contribution in [0.25, 0.3) is 0 Å². The number of rotatable bonds is 3. The first-order chi connectivity index (χ1) is 8.85. The van der Waals surface area contributed by atoms with Crippen LogP contribution in [0.4, 0.5) is 5.69 Å². The molecule has 19 heavy (non-hydrogen) atoms. The van der Waals surface area contributed by atoms with Crippen LogP contribution in [0.3, 0.4) is 0 Å². The lowest BCUT2D eigenvalue weighted by Crippen LogP contribution is -2.32. The zero-order valence-electron chi connectivity index (χ0n) is 11.4. The maximum Gasteiger partial charge on any atom is 0.235 e. The number of hydrogen-bond acceptors (Lipinski definition) is 4. The monoisotopic (exact) mass is 262 g/mol. The van der Waals surface area contributed by atoms with Crippen molar-refractivity contribution in [2.75, 3.05) is 12.8 Å². The highest BCUT2D eigenvalue weighted by Gasteiger charge is 2.44. The van der Waals surface area contributed by atoms with Crippen molar-refractivity contribution in [3.63, 3.8) is 0 Å². The molecule has 0 bridgehead atoms. The third-order valence-electron chi connectivity index (χ3n) is 3.35. The lowest BCUT2D eigenvalue weighted by Gasteiger charge is -2.18. The summed E-state index contributed by atoms with van der Waals surface area (Å²) in [5.41, 5.74) is 6.53. The lowest BCUT2D eigenvalue weighted by atomic mass is 9.92. The van der Waals surface area contributed by atoms with Gasteiger partial charge in [-0.25, -0.2) is 0 Å². The third-order valence-corrected chi connectivity index (χ3v) is 3.35. The van der Waals surface area contributed by atoms with Gasteiger partial charge >= 0.3 is 0 Å². The second-order valence-corrected chi connectivity index (χ2v) is 5.42. The Morgan fingerprint density at radius 1 is 1.37 bits per heavy atom. The molecule has 5 nitrogen and oxygen atoms in total. The Morgan fingerprint density at radius 2 is 2.05 bits per heavy atom. The number of amides is 2. The first-order valence-corrected chi connectivity index (χ1v) is 6.12. The molecule has 2 N–H and O–H groups in total. The Morgan fingerprint density at radius 3 is 2.53 bits per heavy atom. The van der Waals surface area contributed by atoms with Crippen LogP contribution in [0.5, 0.6) is 5.75 Å². The number of nitrogens with zero attached hydrogens (tertiary/aromatic N) is 1. The van der Waals surface area contributed by atoms with E-state index in [-0.39, 0.29) is 24.8 Å². The number of nitrogens with two attached hydrogens (primary N) is 1. The predicted octanol–water partition coefficient (Wildman–Crippen LogP) is 1.56. The molecule has 0 spiro atoms. The number of methoxy groups -OCH3 is 1. The standard InChI is InChI=1S/C14H18N2O3/c1-14(2)7-12(17)16(13(14)18)8-9-4-5-11(19-3)10(15)6-9/h4-6H,7-8,15H2,1-3H3. The van der Waals surface area contributed by atoms with Gasteiger partial charge in [-0.3, -0.25) is 14.5 Å². The average molecular weight is 262 g/mol. The van der Waals surface area contributed by atoms with E-state index >= 15 is 0 Å². The van der Waals surface area contributed by atoms with Crippen molar-refractivity contribution in [3.05, 3.63) is 23.8 Å². The minimum Gasteiger partial charge on any atom is -0.495 e. The largest absolute Gasteiger partial charge is 0.495 e. The highest BCUT2D eigenvalue weighted by molar-refractivity contribution is 6.05. The molecular weight excluding hydrogens is 244 g/mol. The minimum absolute atomic E-state index is 0.133. The van der Waals surface area contributed by atoms with E-state index in [9.17, 15) is 9.59 Å². The van der Waals surface area contributed by atoms with Crippen LogP contribution < -0.4 is 10.5 Å². The molecule has 0 atom stereocenters. The van der Waals surface area contributed by atoms with Gasteiger partial charge in [0.1, 0.15) is 5.75 Å². The maximum atomic E-state index is 12.1. The van der Waals surface area contributed by atoms with Gasteiger partial charge in [-0.05, 0) is 17.7 Å². The van der Waals surface area contributed by atoms with E-state index in [1.54, 1.807) is 39.2 Å². The van der Waals surface area contributed by atoms with Crippen LogP contribution >= 0.6 is 0 Å². The number of benzene rings is 1. The van der Waals surface area contributed by atoms with Gasteiger partial charge in [0.2, 0.25) is 11.8 Å². The fourth-order valence-electron chi connectivity index (χ4n) is 2.25. The maximum absolute atomic E-state index is 12.1. The van der Waals surface area contributed by atoms with Gasteiger partial charge in [0.25, 0.3) is 0 Å². The van der Waals surface area contributed by atoms with Gasteiger partial charge in [-0.2, -0.15) is 0 Å². The lowest BCUT2D eigenvalue weighted by molar-refractivity contribution is -0.141. The van der Waals surface area contributed by atoms with Gasteiger partial charge in [-0.1, -0.05) is 19.9 Å². The number of anilines is 1. The molecule has 0 aliphatic carbocycles. The van der Waals surface area contributed by atoms with Crippen molar-refractivity contribution in [1.29, 1.82) is 0 Å². The van der Waals surface area contributed by atoms with Crippen LogP contribution in [-0.4, -0.2) is 23.8 Å². The summed E-state index contributed by atoms with van der Waals surface area (Å²) in [6.45, 7) is 3.83. The molecule has 1 aromatic carbocycles. The second kappa shape index (κ2) is 4.57. The fourth-order valence-corrected chi connectivity index (χ4v) is 2.25. The number of hydrogen-bond donors (Lipinski definition) is 1. The topological polar surface area (TPSA) is 72.6 Å². The van der Waals surface area contributed by atoms with Crippen molar-refractivity contribution >= 4 is 17.5 Å². The van der Waals surface area contributed by atoms with Crippen molar-refractivity contribution in [2.24, 2.45) is 5.41 Å². The molecule has 1 heterocycles. The molecule has 0 unspecified atom stereocenters. The number of carbonyl (C=O) groups is 2. The van der Waals surface area contributed by atoms with Crippen molar-refractivity contribution < 1.29 is 14.3 Å². The van der Waals surface area contributed by atoms with Crippen molar-refractivity contribution in [2.45, 2.75) is 26.8 Å². The smallest absolute Gasteiger partial charge is 0.235 e. The summed E-state index contributed by atoms with van der Waals surface area (Å²) in [5.74, 6) is 0.319. The molecule has 1 aliphatic rings. The molecule has 102 valence electrons. The van der Waals surface area contributed by atoms with Crippen LogP contribution in [0.1, 0.15) is 25.8 Å². The summed E-state index contributed by atoms with van der Waals surface area (Å²) in [4.78, 5) is 25.3. The van der Waals surface area contributed by atoms with Crippen molar-refractivity contribution in [1.82, 2.24) is 4.90 Å². The summed E-state index contributed by atoms with van der Waals surface area (Å²) in [7, 11) is 1.54. The van der Waals surface area contributed by atoms with E-state index in [0.29, 0.717) is 11.4 Å². The Kier molecular flexibility index (Phi) is 3.22. The van der Waals surface area contributed by atoms with E-state index < -0.39 is 5.41 Å². The molecule has 0 saturated carbocycles. The quantitative estimate of drug-likeness (QED) is 0.662. The molecule has 1 fully saturated rings. The number of nitrogen functional groups attached to an aromatic ring is 1. The summed E-state index contributed by atoms with van der Waals surface area (Å²) in [5, 5.41) is 0. The van der Waals surface area contributed by atoms with Crippen LogP contribution in [0.2, 0.25) is 0 Å². The van der Waals surface area contributed by atoms with Gasteiger partial charge in [-0.15, -0.1) is 0 Å². The highest BCUT2D eigenvalue weighted by atomic mass is 16.5. The number of carbonyl (C=O) groups excluding carboxylic acids is 2. The van der Waals surface area contributed by atoms with Crippen LogP contribution in [0.15, 0.2) is 18.2 Å². The van der Waals surface area contributed by atoms with Crippen LogP contribution in [-0.2, 0) is 16.1 Å². The SMILES string of the molecule is COc1ccc(CN2C(=O)CC(C)(C)C2=O)cc1N. The average Bonchev–Trinajstić information content (AvgIpc) is 2.52. The number of likely N-dealkylation sites (tertiary alicyclic amines) is 1. The second-order valence-electron chi connectivity index (χ2n) is 5.42. The highest BCUT2D eigenvalue weighted by Crippen LogP contribution is 2.33. The summed E-state index contributed by atoms with van der Waals surface area (Å²) >= 11 is 0. The van der Waals surface area contributed by atoms with E-state index in [4.69, 9.17) is 10.5 Å². The zero-order valence-corrected chi connectivity index (χ0v) is 11.4. The number of imide groups is 1. The third kappa shape index (κ3) is 2.41. The van der Waals surface area contributed by atoms with Gasteiger partial charge < -0.3 is 10.5 Å². The molecule has 1 saturated heterocycles. The van der Waals surface area contributed by atoms with Gasteiger partial charge in [0.15, 0.2) is 0 Å². The van der Waals surface area contributed by atoms with E-state index in [0.717, 1.165) is 5.56 Å². The Bertz CT molecular complexity index is 537. The molecule has 0 aromatic heterocycles. The van der Waals surface area contributed by atoms with Gasteiger partial charge in [0, 0.05) is 6.42 Å². The Balaban J connectivity index is 2.20. The van der Waals surface area contributed by atoms with Crippen LogP contribution in [0, 0.1) is 5.41 Å². The number of ether oxygens (including phenoxy) is 1. The molecular formula is C14H18N2O3. The molecule has 1 aromatic rings. The Labute approximate surface area is 112 Å². The van der Waals surface area contributed by atoms with E-state index in [1.165, 1.54) is 4.90 Å². The van der Waals surface area contributed by atoms with Crippen molar-refractivity contribution in [3.8, 4) is 5.75 Å². The van der Waals surface area contributed by atoms with Gasteiger partial charge in [0.05, 0.1) is 24.8 Å². The van der Waals surface area contributed by atoms with E-state index in [2.05, 4.69) is 0 Å². The predicted molar refractivity (Wildman–Crippen MR) is 71.4 cm³/mol. The summed E-state index contributed by atoms with van der Waals surface area (Å²) in [6.07, 6.45) is 0.261. The normalized spacial score (nSPS) is 17.9. The molecule has 0 radical (unpaired) electrons. The zero-order chi connectivity index (χ0) is 14.2. The molecule has 2 rings (SSSR count). The van der Waals surface area contributed by atoms with E-state index in [1.807, 2.05) is 0 Å². The fraction of sp³-hybridized carbons (Fsp3) is 0.429. The molecule has 5 heteroatoms. The summed E-state index contributed by atoms with van der Waals surface area (Å²) < 4.78 is 5.07. The molecule has 2 amide bonds. The first kappa shape index (κ1) is 13.4.